The summed E-state index contributed by atoms with van der Waals surface area (Å²) in [6, 6.07) is 11.5. The Labute approximate surface area is 158 Å². The molecule has 2 aromatic carbocycles. The van der Waals surface area contributed by atoms with Gasteiger partial charge in [0.05, 0.1) is 11.7 Å². The van der Waals surface area contributed by atoms with Crippen molar-refractivity contribution >= 4 is 11.7 Å². The smallest absolute Gasteiger partial charge is 0.278 e. The van der Waals surface area contributed by atoms with Gasteiger partial charge in [0, 0.05) is 16.7 Å². The highest BCUT2D eigenvalue weighted by atomic mass is 16.5. The third-order valence-corrected chi connectivity index (χ3v) is 3.86. The second kappa shape index (κ2) is 8.86. The molecule has 0 bridgehead atoms. The van der Waals surface area contributed by atoms with Crippen molar-refractivity contribution in [2.75, 3.05) is 0 Å². The summed E-state index contributed by atoms with van der Waals surface area (Å²) in [5.41, 5.74) is 7.72. The number of nitriles is 1. The van der Waals surface area contributed by atoms with Crippen molar-refractivity contribution in [2.45, 2.75) is 39.7 Å². The molecule has 6 heteroatoms. The number of nitrogens with two attached hydrogens (primary N) is 1. The first-order valence-electron chi connectivity index (χ1n) is 8.77. The summed E-state index contributed by atoms with van der Waals surface area (Å²) >= 11 is 0. The van der Waals surface area contributed by atoms with Crippen LogP contribution in [0.25, 0.3) is 0 Å². The van der Waals surface area contributed by atoms with Gasteiger partial charge in [-0.15, -0.1) is 0 Å². The minimum atomic E-state index is -0.564. The number of carbonyl (C=O) groups excluding carboxylic acids is 1. The molecule has 140 valence electrons. The molecule has 2 rings (SSSR count). The predicted molar refractivity (Wildman–Crippen MR) is 104 cm³/mol. The Kier molecular flexibility index (Phi) is 6.56. The lowest BCUT2D eigenvalue weighted by molar-refractivity contribution is 0.100. The van der Waals surface area contributed by atoms with Crippen molar-refractivity contribution in [3.05, 3.63) is 58.7 Å². The fraction of sp³-hybridized carbons (Fsp3) is 0.286. The summed E-state index contributed by atoms with van der Waals surface area (Å²) in [4.78, 5) is 16.5. The largest absolute Gasteiger partial charge is 0.508 e. The zero-order valence-electron chi connectivity index (χ0n) is 15.7. The van der Waals surface area contributed by atoms with E-state index in [4.69, 9.17) is 10.5 Å². The molecule has 0 aliphatic rings. The average molecular weight is 365 g/mol. The van der Waals surface area contributed by atoms with E-state index in [1.807, 2.05) is 26.8 Å². The highest BCUT2D eigenvalue weighted by molar-refractivity contribution is 6.09. The molecule has 0 atom stereocenters. The average Bonchev–Trinajstić information content (AvgIpc) is 2.63. The molecule has 2 aromatic rings. The van der Waals surface area contributed by atoms with Crippen LogP contribution in [0.2, 0.25) is 0 Å². The molecule has 0 aromatic heterocycles. The van der Waals surface area contributed by atoms with Crippen LogP contribution in [-0.4, -0.2) is 23.0 Å². The number of hydrogen-bond acceptors (Lipinski definition) is 4. The van der Waals surface area contributed by atoms with Crippen molar-refractivity contribution < 1.29 is 14.6 Å². The molecular weight excluding hydrogens is 342 g/mol. The Morgan fingerprint density at radius 3 is 2.70 bits per heavy atom. The molecule has 0 unspecified atom stereocenters. The Morgan fingerprint density at radius 1 is 1.33 bits per heavy atom. The Morgan fingerprint density at radius 2 is 2.07 bits per heavy atom. The van der Waals surface area contributed by atoms with Crippen LogP contribution in [-0.2, 0) is 6.42 Å². The Hall–Kier alpha value is -3.33. The number of aromatic hydroxyl groups is 1. The van der Waals surface area contributed by atoms with E-state index < -0.39 is 5.91 Å². The van der Waals surface area contributed by atoms with E-state index in [1.165, 1.54) is 6.07 Å². The first kappa shape index (κ1) is 20.0. The van der Waals surface area contributed by atoms with Gasteiger partial charge in [-0.2, -0.15) is 10.3 Å². The third-order valence-electron chi connectivity index (χ3n) is 3.86. The molecule has 0 fully saturated rings. The minimum Gasteiger partial charge on any atom is -0.508 e. The van der Waals surface area contributed by atoms with Crippen LogP contribution in [0.1, 0.15) is 54.2 Å². The molecule has 0 aliphatic heterocycles. The number of ether oxygens (including phenoxy) is 1. The number of amides is 1. The van der Waals surface area contributed by atoms with Crippen molar-refractivity contribution in [1.82, 2.24) is 0 Å². The lowest BCUT2D eigenvalue weighted by atomic mass is 10.0. The summed E-state index contributed by atoms with van der Waals surface area (Å²) in [7, 11) is 0. The van der Waals surface area contributed by atoms with E-state index in [-0.39, 0.29) is 28.8 Å². The van der Waals surface area contributed by atoms with Crippen LogP contribution in [0.15, 0.2) is 41.4 Å². The van der Waals surface area contributed by atoms with Gasteiger partial charge in [0.25, 0.3) is 5.91 Å². The number of amidine groups is 1. The van der Waals surface area contributed by atoms with Gasteiger partial charge < -0.3 is 15.6 Å². The molecule has 0 saturated carbocycles. The maximum absolute atomic E-state index is 12.5. The molecule has 0 radical (unpaired) electrons. The number of carbonyl (C=O) groups is 1. The standard InChI is InChI=1S/C21H23N3O3/c1-4-6-16-17(7-5-8-18(16)25)20(23)24-21(26)14-9-10-19(27-13(2)3)15(11-14)12-22/h5,7-11,13,25H,4,6H2,1-3H3,(H2,23,24,26). The van der Waals surface area contributed by atoms with Gasteiger partial charge in [-0.3, -0.25) is 4.79 Å². The number of rotatable bonds is 6. The van der Waals surface area contributed by atoms with E-state index in [1.54, 1.807) is 30.3 Å². The van der Waals surface area contributed by atoms with E-state index in [0.717, 1.165) is 6.42 Å². The Bertz CT molecular complexity index is 911. The predicted octanol–water partition coefficient (Wildman–Crippen LogP) is 3.55. The second-order valence-electron chi connectivity index (χ2n) is 6.34. The maximum atomic E-state index is 12.5. The zero-order valence-corrected chi connectivity index (χ0v) is 15.7. The normalized spacial score (nSPS) is 11.3. The van der Waals surface area contributed by atoms with E-state index >= 15 is 0 Å². The topological polar surface area (TPSA) is 109 Å². The molecule has 0 aliphatic carbocycles. The maximum Gasteiger partial charge on any atom is 0.278 e. The van der Waals surface area contributed by atoms with Gasteiger partial charge >= 0.3 is 0 Å². The van der Waals surface area contributed by atoms with Crippen molar-refractivity contribution in [2.24, 2.45) is 10.7 Å². The van der Waals surface area contributed by atoms with Gasteiger partial charge in [0.2, 0.25) is 0 Å². The van der Waals surface area contributed by atoms with Crippen LogP contribution in [0.3, 0.4) is 0 Å². The highest BCUT2D eigenvalue weighted by Crippen LogP contribution is 2.24. The molecule has 6 nitrogen and oxygen atoms in total. The first-order chi connectivity index (χ1) is 12.9. The van der Waals surface area contributed by atoms with Gasteiger partial charge in [-0.25, -0.2) is 0 Å². The lowest BCUT2D eigenvalue weighted by Gasteiger charge is -2.12. The summed E-state index contributed by atoms with van der Waals surface area (Å²) in [5.74, 6) is 0.00682. The highest BCUT2D eigenvalue weighted by Gasteiger charge is 2.14. The van der Waals surface area contributed by atoms with E-state index in [0.29, 0.717) is 23.3 Å². The summed E-state index contributed by atoms with van der Waals surface area (Å²) in [6.45, 7) is 5.70. The third kappa shape index (κ3) is 4.85. The van der Waals surface area contributed by atoms with Crippen LogP contribution < -0.4 is 10.5 Å². The van der Waals surface area contributed by atoms with Crippen molar-refractivity contribution in [3.8, 4) is 17.6 Å². The molecule has 1 amide bonds. The quantitative estimate of drug-likeness (QED) is 0.601. The minimum absolute atomic E-state index is 0.0281. The first-order valence-corrected chi connectivity index (χ1v) is 8.77. The number of hydrogen-bond donors (Lipinski definition) is 2. The van der Waals surface area contributed by atoms with Crippen LogP contribution >= 0.6 is 0 Å². The monoisotopic (exact) mass is 365 g/mol. The number of nitrogens with zero attached hydrogens (tertiary/aromatic N) is 2. The van der Waals surface area contributed by atoms with Gasteiger partial charge in [0.1, 0.15) is 23.4 Å². The van der Waals surface area contributed by atoms with Crippen LogP contribution in [0, 0.1) is 11.3 Å². The fourth-order valence-electron chi connectivity index (χ4n) is 2.67. The van der Waals surface area contributed by atoms with Gasteiger partial charge in [-0.1, -0.05) is 25.5 Å². The summed E-state index contributed by atoms with van der Waals surface area (Å²) in [6.07, 6.45) is 1.34. The molecule has 0 spiro atoms. The van der Waals surface area contributed by atoms with Crippen LogP contribution in [0.4, 0.5) is 0 Å². The second-order valence-corrected chi connectivity index (χ2v) is 6.34. The Balaban J connectivity index is 2.36. The lowest BCUT2D eigenvalue weighted by Crippen LogP contribution is -2.18. The molecule has 3 N–H and O–H groups in total. The fourth-order valence-corrected chi connectivity index (χ4v) is 2.67. The number of phenolic OH excluding ortho intramolecular Hbond substituents is 1. The molecule has 0 heterocycles. The van der Waals surface area contributed by atoms with E-state index in [9.17, 15) is 15.2 Å². The van der Waals surface area contributed by atoms with Gasteiger partial charge in [0.15, 0.2) is 0 Å². The molecule has 0 saturated heterocycles. The number of benzene rings is 2. The van der Waals surface area contributed by atoms with Crippen molar-refractivity contribution in [1.29, 1.82) is 5.26 Å². The van der Waals surface area contributed by atoms with Crippen LogP contribution in [0.5, 0.6) is 11.5 Å². The molecular formula is C21H23N3O3. The summed E-state index contributed by atoms with van der Waals surface area (Å²) < 4.78 is 5.56. The van der Waals surface area contributed by atoms with E-state index in [2.05, 4.69) is 4.99 Å². The SMILES string of the molecule is CCCc1c(O)cccc1C(N)=NC(=O)c1ccc(OC(C)C)c(C#N)c1. The van der Waals surface area contributed by atoms with Crippen molar-refractivity contribution in [3.63, 3.8) is 0 Å². The summed E-state index contributed by atoms with van der Waals surface area (Å²) in [5, 5.41) is 19.3. The molecule has 27 heavy (non-hydrogen) atoms. The zero-order chi connectivity index (χ0) is 20.0. The van der Waals surface area contributed by atoms with Gasteiger partial charge in [-0.05, 0) is 44.5 Å². The number of aliphatic imine (C=N–C) groups is 1. The number of phenols is 1.